The van der Waals surface area contributed by atoms with Crippen LogP contribution in [-0.4, -0.2) is 20.1 Å². The van der Waals surface area contributed by atoms with E-state index in [9.17, 15) is 0 Å². The Morgan fingerprint density at radius 3 is 2.65 bits per heavy atom. The maximum absolute atomic E-state index is 3.74. The number of halogens is 1. The molecule has 20 heavy (non-hydrogen) atoms. The third-order valence-electron chi connectivity index (χ3n) is 4.26. The lowest BCUT2D eigenvalue weighted by molar-refractivity contribution is 0.362. The maximum atomic E-state index is 3.74. The van der Waals surface area contributed by atoms with Gasteiger partial charge in [-0.15, -0.1) is 0 Å². The van der Waals surface area contributed by atoms with E-state index in [1.807, 2.05) is 0 Å². The van der Waals surface area contributed by atoms with Crippen molar-refractivity contribution in [2.45, 2.75) is 45.6 Å². The van der Waals surface area contributed by atoms with Gasteiger partial charge in [-0.3, -0.25) is 0 Å². The zero-order valence-corrected chi connectivity index (χ0v) is 14.4. The molecule has 1 N–H and O–H groups in total. The fourth-order valence-corrected chi connectivity index (χ4v) is 3.82. The lowest BCUT2D eigenvalue weighted by Gasteiger charge is -2.29. The molecule has 0 amide bonds. The maximum Gasteiger partial charge on any atom is 0.0508 e. The van der Waals surface area contributed by atoms with Crippen molar-refractivity contribution < 1.29 is 0 Å². The molecule has 0 aliphatic heterocycles. The smallest absolute Gasteiger partial charge is 0.0508 e. The van der Waals surface area contributed by atoms with Crippen LogP contribution in [0.5, 0.6) is 0 Å². The molecular formula is C17H27BrN2. The number of nitrogens with one attached hydrogen (secondary N) is 1. The predicted molar refractivity (Wildman–Crippen MR) is 91.4 cm³/mol. The van der Waals surface area contributed by atoms with Gasteiger partial charge in [0.2, 0.25) is 0 Å². The van der Waals surface area contributed by atoms with Gasteiger partial charge < -0.3 is 10.2 Å². The number of hydrogen-bond acceptors (Lipinski definition) is 2. The van der Waals surface area contributed by atoms with Crippen LogP contribution in [0.4, 0.5) is 5.69 Å². The van der Waals surface area contributed by atoms with Crippen LogP contribution >= 0.6 is 15.9 Å². The first-order valence-corrected chi connectivity index (χ1v) is 8.70. The Morgan fingerprint density at radius 1 is 1.25 bits per heavy atom. The number of hydrogen-bond donors (Lipinski definition) is 1. The molecule has 2 nitrogen and oxygen atoms in total. The molecule has 1 aromatic rings. The van der Waals surface area contributed by atoms with Gasteiger partial charge in [0.15, 0.2) is 0 Å². The van der Waals surface area contributed by atoms with Crippen molar-refractivity contribution >= 4 is 21.6 Å². The van der Waals surface area contributed by atoms with Crippen LogP contribution in [-0.2, 0) is 6.54 Å². The Labute approximate surface area is 132 Å². The summed E-state index contributed by atoms with van der Waals surface area (Å²) < 4.78 is 1.21. The summed E-state index contributed by atoms with van der Waals surface area (Å²) in [6, 6.07) is 6.73. The average molecular weight is 339 g/mol. The minimum atomic E-state index is 0.877. The van der Waals surface area contributed by atoms with Crippen molar-refractivity contribution in [2.24, 2.45) is 5.92 Å². The van der Waals surface area contributed by atoms with Gasteiger partial charge in [-0.2, -0.15) is 0 Å². The fraction of sp³-hybridized carbons (Fsp3) is 0.647. The van der Waals surface area contributed by atoms with Gasteiger partial charge in [0.25, 0.3) is 0 Å². The van der Waals surface area contributed by atoms with Gasteiger partial charge in [-0.25, -0.2) is 0 Å². The highest BCUT2D eigenvalue weighted by atomic mass is 79.9. The van der Waals surface area contributed by atoms with E-state index >= 15 is 0 Å². The summed E-state index contributed by atoms with van der Waals surface area (Å²) in [7, 11) is 2.22. The predicted octanol–water partition coefficient (Wildman–Crippen LogP) is 4.58. The Hall–Kier alpha value is -0.540. The molecule has 1 aromatic carbocycles. The van der Waals surface area contributed by atoms with Gasteiger partial charge in [0.05, 0.1) is 5.69 Å². The Morgan fingerprint density at radius 2 is 2.00 bits per heavy atom. The Balaban J connectivity index is 1.96. The summed E-state index contributed by atoms with van der Waals surface area (Å²) >= 11 is 3.74. The average Bonchev–Trinajstić information content (AvgIpc) is 2.46. The van der Waals surface area contributed by atoms with Gasteiger partial charge in [-0.05, 0) is 58.9 Å². The Bertz CT molecular complexity index is 413. The summed E-state index contributed by atoms with van der Waals surface area (Å²) in [5.41, 5.74) is 2.66. The monoisotopic (exact) mass is 338 g/mol. The zero-order chi connectivity index (χ0) is 14.4. The molecule has 1 fully saturated rings. The molecule has 0 spiro atoms. The molecule has 112 valence electrons. The van der Waals surface area contributed by atoms with Gasteiger partial charge in [-0.1, -0.05) is 32.3 Å². The topological polar surface area (TPSA) is 15.3 Å². The highest BCUT2D eigenvalue weighted by molar-refractivity contribution is 9.10. The van der Waals surface area contributed by atoms with Crippen molar-refractivity contribution in [3.05, 3.63) is 28.2 Å². The number of nitrogens with zero attached hydrogens (tertiary/aromatic N) is 1. The Kier molecular flexibility index (Phi) is 6.37. The molecule has 2 rings (SSSR count). The largest absolute Gasteiger partial charge is 0.373 e. The minimum absolute atomic E-state index is 0.877. The molecule has 0 saturated heterocycles. The van der Waals surface area contributed by atoms with Crippen LogP contribution in [0, 0.1) is 5.92 Å². The first-order chi connectivity index (χ1) is 9.70. The van der Waals surface area contributed by atoms with E-state index in [1.165, 1.54) is 54.4 Å². The highest BCUT2D eigenvalue weighted by Crippen LogP contribution is 2.30. The zero-order valence-electron chi connectivity index (χ0n) is 12.8. The second-order valence-corrected chi connectivity index (χ2v) is 6.80. The molecule has 0 bridgehead atoms. The lowest BCUT2D eigenvalue weighted by atomic mass is 9.89. The third kappa shape index (κ3) is 4.49. The summed E-state index contributed by atoms with van der Waals surface area (Å²) in [6.45, 7) is 5.29. The standard InChI is InChI=1S/C17H27BrN2/c1-3-19-12-15-9-10-17(16(18)11-15)20(2)13-14-7-5-4-6-8-14/h9-11,14,19H,3-8,12-13H2,1-2H3. The van der Waals surface area contributed by atoms with Gasteiger partial charge in [0.1, 0.15) is 0 Å². The van der Waals surface area contributed by atoms with E-state index in [0.717, 1.165) is 19.0 Å². The van der Waals surface area contributed by atoms with Crippen molar-refractivity contribution in [2.75, 3.05) is 25.0 Å². The van der Waals surface area contributed by atoms with E-state index in [2.05, 4.69) is 58.3 Å². The van der Waals surface area contributed by atoms with Crippen molar-refractivity contribution in [1.29, 1.82) is 0 Å². The van der Waals surface area contributed by atoms with Crippen molar-refractivity contribution in [1.82, 2.24) is 5.32 Å². The molecular weight excluding hydrogens is 312 g/mol. The molecule has 1 saturated carbocycles. The van der Waals surface area contributed by atoms with Crippen LogP contribution in [0.3, 0.4) is 0 Å². The van der Waals surface area contributed by atoms with Crippen LogP contribution in [0.15, 0.2) is 22.7 Å². The fourth-order valence-electron chi connectivity index (χ4n) is 3.09. The molecule has 0 radical (unpaired) electrons. The third-order valence-corrected chi connectivity index (χ3v) is 4.89. The van der Waals surface area contributed by atoms with E-state index in [4.69, 9.17) is 0 Å². The molecule has 0 heterocycles. The number of rotatable bonds is 6. The quantitative estimate of drug-likeness (QED) is 0.816. The van der Waals surface area contributed by atoms with Gasteiger partial charge in [0, 0.05) is 24.6 Å². The van der Waals surface area contributed by atoms with E-state index in [1.54, 1.807) is 0 Å². The van der Waals surface area contributed by atoms with Crippen LogP contribution < -0.4 is 10.2 Å². The summed E-state index contributed by atoms with van der Waals surface area (Å²) in [4.78, 5) is 2.41. The molecule has 3 heteroatoms. The van der Waals surface area contributed by atoms with E-state index in [-0.39, 0.29) is 0 Å². The van der Waals surface area contributed by atoms with Crippen LogP contribution in [0.1, 0.15) is 44.6 Å². The lowest BCUT2D eigenvalue weighted by Crippen LogP contribution is -2.27. The van der Waals surface area contributed by atoms with Crippen LogP contribution in [0.25, 0.3) is 0 Å². The number of benzene rings is 1. The van der Waals surface area contributed by atoms with Gasteiger partial charge >= 0.3 is 0 Å². The second-order valence-electron chi connectivity index (χ2n) is 5.95. The normalized spacial score (nSPS) is 16.4. The summed E-state index contributed by atoms with van der Waals surface area (Å²) in [5.74, 6) is 0.877. The van der Waals surface area contributed by atoms with E-state index < -0.39 is 0 Å². The molecule has 0 atom stereocenters. The SMILES string of the molecule is CCNCc1ccc(N(C)CC2CCCCC2)c(Br)c1. The van der Waals surface area contributed by atoms with Crippen molar-refractivity contribution in [3.63, 3.8) is 0 Å². The van der Waals surface area contributed by atoms with Crippen LogP contribution in [0.2, 0.25) is 0 Å². The molecule has 0 unspecified atom stereocenters. The number of anilines is 1. The molecule has 1 aliphatic carbocycles. The molecule has 1 aliphatic rings. The summed E-state index contributed by atoms with van der Waals surface area (Å²) in [5, 5.41) is 3.37. The second kappa shape index (κ2) is 8.04. The van der Waals surface area contributed by atoms with E-state index in [0.29, 0.717) is 0 Å². The first-order valence-electron chi connectivity index (χ1n) is 7.91. The summed E-state index contributed by atoms with van der Waals surface area (Å²) in [6.07, 6.45) is 7.08. The molecule has 0 aromatic heterocycles. The van der Waals surface area contributed by atoms with Crippen molar-refractivity contribution in [3.8, 4) is 0 Å². The minimum Gasteiger partial charge on any atom is -0.373 e. The first kappa shape index (κ1) is 15.8. The highest BCUT2D eigenvalue weighted by Gasteiger charge is 2.16.